The molecule has 3 aromatic rings. The highest BCUT2D eigenvalue weighted by Crippen LogP contribution is 2.32. The molecule has 3 rings (SSSR count). The summed E-state index contributed by atoms with van der Waals surface area (Å²) in [5.41, 5.74) is 7.94. The van der Waals surface area contributed by atoms with Gasteiger partial charge in [-0.15, -0.1) is 0 Å². The lowest BCUT2D eigenvalue weighted by atomic mass is 10.1. The first-order valence-electron chi connectivity index (χ1n) is 8.36. The van der Waals surface area contributed by atoms with Gasteiger partial charge in [-0.1, -0.05) is 30.3 Å². The minimum absolute atomic E-state index is 0.0874. The largest absolute Gasteiger partial charge is 0.493 e. The molecule has 0 radical (unpaired) electrons. The second kappa shape index (κ2) is 8.21. The first-order valence-corrected chi connectivity index (χ1v) is 10.0. The molecule has 0 spiro atoms. The number of hydrogen-bond donors (Lipinski definition) is 1. The number of furan rings is 1. The highest BCUT2D eigenvalue weighted by atomic mass is 32.2. The maximum Gasteiger partial charge on any atom is 0.182 e. The Morgan fingerprint density at radius 1 is 1.04 bits per heavy atom. The maximum absolute atomic E-state index is 12.6. The summed E-state index contributed by atoms with van der Waals surface area (Å²) in [6, 6.07) is 15.7. The van der Waals surface area contributed by atoms with Gasteiger partial charge in [-0.2, -0.15) is 0 Å². The van der Waals surface area contributed by atoms with E-state index in [4.69, 9.17) is 14.9 Å². The molecule has 0 atom stereocenters. The molecule has 0 aliphatic carbocycles. The Morgan fingerprint density at radius 3 is 2.54 bits per heavy atom. The van der Waals surface area contributed by atoms with Crippen LogP contribution in [-0.4, -0.2) is 21.6 Å². The monoisotopic (exact) mass is 371 g/mol. The number of benzene rings is 2. The molecule has 0 amide bonds. The third-order valence-corrected chi connectivity index (χ3v) is 5.65. The number of rotatable bonds is 8. The van der Waals surface area contributed by atoms with Crippen molar-refractivity contribution in [2.75, 3.05) is 13.2 Å². The van der Waals surface area contributed by atoms with Crippen molar-refractivity contribution in [2.45, 2.75) is 17.1 Å². The van der Waals surface area contributed by atoms with Crippen molar-refractivity contribution in [2.24, 2.45) is 5.73 Å². The Hall–Kier alpha value is -2.57. The fourth-order valence-electron chi connectivity index (χ4n) is 2.63. The van der Waals surface area contributed by atoms with Crippen molar-refractivity contribution in [1.29, 1.82) is 0 Å². The van der Waals surface area contributed by atoms with Gasteiger partial charge >= 0.3 is 0 Å². The first kappa shape index (κ1) is 18.2. The number of nitrogens with two attached hydrogens (primary N) is 1. The zero-order chi connectivity index (χ0) is 18.4. The molecule has 5 nitrogen and oxygen atoms in total. The zero-order valence-corrected chi connectivity index (χ0v) is 15.1. The number of hydrogen-bond acceptors (Lipinski definition) is 5. The van der Waals surface area contributed by atoms with Crippen LogP contribution in [0.4, 0.5) is 0 Å². The van der Waals surface area contributed by atoms with E-state index in [2.05, 4.69) is 0 Å². The molecule has 6 heteroatoms. The molecular formula is C20H21NO4S. The predicted molar refractivity (Wildman–Crippen MR) is 101 cm³/mol. The van der Waals surface area contributed by atoms with Gasteiger partial charge in [-0.05, 0) is 42.8 Å². The summed E-state index contributed by atoms with van der Waals surface area (Å²) in [6.07, 6.45) is 3.94. The second-order valence-corrected chi connectivity index (χ2v) is 7.89. The lowest BCUT2D eigenvalue weighted by molar-refractivity contribution is 0.314. The highest BCUT2D eigenvalue weighted by molar-refractivity contribution is 7.90. The Labute approximate surface area is 153 Å². The molecule has 0 bridgehead atoms. The lowest BCUT2D eigenvalue weighted by Crippen LogP contribution is -2.08. The van der Waals surface area contributed by atoms with Gasteiger partial charge in [0.1, 0.15) is 5.75 Å². The Kier molecular flexibility index (Phi) is 5.75. The molecule has 1 heterocycles. The summed E-state index contributed by atoms with van der Waals surface area (Å²) in [5, 5.41) is 0. The first-order chi connectivity index (χ1) is 12.6. The molecule has 1 aromatic heterocycles. The van der Waals surface area contributed by atoms with E-state index in [0.29, 0.717) is 29.4 Å². The Morgan fingerprint density at radius 2 is 1.85 bits per heavy atom. The van der Waals surface area contributed by atoms with Gasteiger partial charge in [-0.25, -0.2) is 8.42 Å². The van der Waals surface area contributed by atoms with Gasteiger partial charge in [0.05, 0.1) is 29.8 Å². The standard InChI is InChI=1S/C20H21NO4S/c21-10-4-11-25-20-13-16(7-8-19(20)17-9-12-24-14-17)15-26(22,23)18-5-2-1-3-6-18/h1-3,5-9,12-14H,4,10-11,15,21H2. The Balaban J connectivity index is 1.90. The van der Waals surface area contributed by atoms with Crippen LogP contribution in [0.3, 0.4) is 0 Å². The van der Waals surface area contributed by atoms with Crippen LogP contribution in [-0.2, 0) is 15.6 Å². The van der Waals surface area contributed by atoms with Gasteiger partial charge < -0.3 is 14.9 Å². The van der Waals surface area contributed by atoms with Crippen molar-refractivity contribution in [3.63, 3.8) is 0 Å². The third kappa shape index (κ3) is 4.33. The molecule has 2 N–H and O–H groups in total. The van der Waals surface area contributed by atoms with Crippen LogP contribution in [0.15, 0.2) is 76.4 Å². The predicted octanol–water partition coefficient (Wildman–Crippen LogP) is 3.65. The van der Waals surface area contributed by atoms with Gasteiger partial charge in [0.15, 0.2) is 9.84 Å². The van der Waals surface area contributed by atoms with Crippen molar-refractivity contribution in [3.05, 3.63) is 72.7 Å². The summed E-state index contributed by atoms with van der Waals surface area (Å²) in [7, 11) is -3.42. The van der Waals surface area contributed by atoms with E-state index >= 15 is 0 Å². The Bertz CT molecular complexity index is 935. The van der Waals surface area contributed by atoms with Crippen LogP contribution in [0.25, 0.3) is 11.1 Å². The van der Waals surface area contributed by atoms with Crippen LogP contribution in [0, 0.1) is 0 Å². The lowest BCUT2D eigenvalue weighted by Gasteiger charge is -2.13. The SMILES string of the molecule is NCCCOc1cc(CS(=O)(=O)c2ccccc2)ccc1-c1ccoc1. The molecule has 2 aromatic carbocycles. The van der Waals surface area contributed by atoms with Crippen molar-refractivity contribution < 1.29 is 17.6 Å². The fraction of sp³-hybridized carbons (Fsp3) is 0.200. The molecule has 0 fully saturated rings. The molecule has 26 heavy (non-hydrogen) atoms. The minimum Gasteiger partial charge on any atom is -0.493 e. The minimum atomic E-state index is -3.42. The summed E-state index contributed by atoms with van der Waals surface area (Å²) in [4.78, 5) is 0.310. The van der Waals surface area contributed by atoms with Crippen LogP contribution >= 0.6 is 0 Å². The van der Waals surface area contributed by atoms with E-state index in [9.17, 15) is 8.42 Å². The molecule has 0 aliphatic rings. The molecule has 136 valence electrons. The topological polar surface area (TPSA) is 82.5 Å². The van der Waals surface area contributed by atoms with Crippen molar-refractivity contribution in [3.8, 4) is 16.9 Å². The van der Waals surface area contributed by atoms with E-state index in [-0.39, 0.29) is 5.75 Å². The third-order valence-electron chi connectivity index (χ3n) is 3.94. The quantitative estimate of drug-likeness (QED) is 0.611. The van der Waals surface area contributed by atoms with Crippen molar-refractivity contribution in [1.82, 2.24) is 0 Å². The van der Waals surface area contributed by atoms with Crippen LogP contribution < -0.4 is 10.5 Å². The second-order valence-electron chi connectivity index (χ2n) is 5.91. The number of sulfone groups is 1. The molecule has 0 unspecified atom stereocenters. The van der Waals surface area contributed by atoms with Crippen LogP contribution in [0.2, 0.25) is 0 Å². The summed E-state index contributed by atoms with van der Waals surface area (Å²) in [6.45, 7) is 0.999. The maximum atomic E-state index is 12.6. The molecule has 0 saturated heterocycles. The van der Waals surface area contributed by atoms with E-state index in [1.165, 1.54) is 0 Å². The van der Waals surface area contributed by atoms with Crippen LogP contribution in [0.1, 0.15) is 12.0 Å². The van der Waals surface area contributed by atoms with E-state index in [1.807, 2.05) is 12.1 Å². The highest BCUT2D eigenvalue weighted by Gasteiger charge is 2.17. The summed E-state index contributed by atoms with van der Waals surface area (Å²) >= 11 is 0. The van der Waals surface area contributed by atoms with Gasteiger partial charge in [0, 0.05) is 11.1 Å². The molecular weight excluding hydrogens is 350 g/mol. The average molecular weight is 371 g/mol. The van der Waals surface area contributed by atoms with E-state index < -0.39 is 9.84 Å². The van der Waals surface area contributed by atoms with Crippen LogP contribution in [0.5, 0.6) is 5.75 Å². The molecule has 0 aliphatic heterocycles. The summed E-state index contributed by atoms with van der Waals surface area (Å²) < 4.78 is 36.2. The molecule has 0 saturated carbocycles. The van der Waals surface area contributed by atoms with Gasteiger partial charge in [0.25, 0.3) is 0 Å². The van der Waals surface area contributed by atoms with E-state index in [0.717, 1.165) is 17.5 Å². The van der Waals surface area contributed by atoms with Gasteiger partial charge in [-0.3, -0.25) is 0 Å². The smallest absolute Gasteiger partial charge is 0.182 e. The number of ether oxygens (including phenoxy) is 1. The average Bonchev–Trinajstić information content (AvgIpc) is 3.17. The van der Waals surface area contributed by atoms with Crippen molar-refractivity contribution >= 4 is 9.84 Å². The van der Waals surface area contributed by atoms with Gasteiger partial charge in [0.2, 0.25) is 0 Å². The van der Waals surface area contributed by atoms with E-state index in [1.54, 1.807) is 55.0 Å². The summed E-state index contributed by atoms with van der Waals surface area (Å²) in [5.74, 6) is 0.538. The zero-order valence-electron chi connectivity index (χ0n) is 14.3. The normalized spacial score (nSPS) is 11.4. The fourth-order valence-corrected chi connectivity index (χ4v) is 3.99.